The molecule has 0 aliphatic heterocycles. The summed E-state index contributed by atoms with van der Waals surface area (Å²) in [4.78, 5) is 12.1. The zero-order valence-electron chi connectivity index (χ0n) is 11.5. The summed E-state index contributed by atoms with van der Waals surface area (Å²) < 4.78 is 10.3. The maximum atomic E-state index is 12.1. The number of ether oxygens (including phenoxy) is 1. The quantitative estimate of drug-likeness (QED) is 0.799. The van der Waals surface area contributed by atoms with Crippen molar-refractivity contribution < 1.29 is 14.1 Å². The molecule has 3 rings (SSSR count). The van der Waals surface area contributed by atoms with E-state index in [2.05, 4.69) is 10.5 Å². The van der Waals surface area contributed by atoms with Crippen LogP contribution in [-0.4, -0.2) is 18.2 Å². The first kappa shape index (κ1) is 13.2. The van der Waals surface area contributed by atoms with E-state index >= 15 is 0 Å². The van der Waals surface area contributed by atoms with Crippen LogP contribution in [0.1, 0.15) is 5.69 Å². The Morgan fingerprint density at radius 3 is 2.95 bits per heavy atom. The van der Waals surface area contributed by atoms with Gasteiger partial charge in [0.1, 0.15) is 11.4 Å². The van der Waals surface area contributed by atoms with E-state index < -0.39 is 0 Å². The Morgan fingerprint density at radius 2 is 2.10 bits per heavy atom. The van der Waals surface area contributed by atoms with Crippen LogP contribution in [0.5, 0.6) is 5.75 Å². The molecule has 2 aromatic carbocycles. The van der Waals surface area contributed by atoms with Crippen molar-refractivity contribution in [2.24, 2.45) is 0 Å². The zero-order chi connectivity index (χ0) is 14.7. The molecule has 0 spiro atoms. The van der Waals surface area contributed by atoms with Gasteiger partial charge in [0.2, 0.25) is 5.91 Å². The van der Waals surface area contributed by atoms with Crippen LogP contribution in [-0.2, 0) is 11.2 Å². The molecule has 21 heavy (non-hydrogen) atoms. The second kappa shape index (κ2) is 5.66. The summed E-state index contributed by atoms with van der Waals surface area (Å²) in [6.45, 7) is 0. The third kappa shape index (κ3) is 2.86. The van der Waals surface area contributed by atoms with Crippen LogP contribution in [0.4, 0.5) is 5.69 Å². The van der Waals surface area contributed by atoms with Crippen LogP contribution >= 0.6 is 0 Å². The van der Waals surface area contributed by atoms with E-state index in [9.17, 15) is 4.79 Å². The van der Waals surface area contributed by atoms with Crippen molar-refractivity contribution in [1.29, 1.82) is 0 Å². The van der Waals surface area contributed by atoms with Gasteiger partial charge >= 0.3 is 0 Å². The fourth-order valence-electron chi connectivity index (χ4n) is 2.12. The molecule has 0 saturated heterocycles. The van der Waals surface area contributed by atoms with E-state index in [0.717, 1.165) is 5.39 Å². The van der Waals surface area contributed by atoms with Crippen LogP contribution < -0.4 is 10.1 Å². The van der Waals surface area contributed by atoms with Crippen LogP contribution in [0.2, 0.25) is 0 Å². The van der Waals surface area contributed by atoms with Crippen molar-refractivity contribution in [3.05, 3.63) is 54.2 Å². The van der Waals surface area contributed by atoms with Gasteiger partial charge in [0.05, 0.1) is 13.5 Å². The summed E-state index contributed by atoms with van der Waals surface area (Å²) in [5, 5.41) is 7.63. The minimum atomic E-state index is -0.151. The number of anilines is 1. The van der Waals surface area contributed by atoms with Gasteiger partial charge in [-0.2, -0.15) is 0 Å². The molecule has 0 aliphatic rings. The summed E-state index contributed by atoms with van der Waals surface area (Å²) in [5.74, 6) is 0.544. The lowest BCUT2D eigenvalue weighted by Gasteiger charge is -2.06. The molecule has 0 saturated carbocycles. The van der Waals surface area contributed by atoms with Crippen LogP contribution in [0, 0.1) is 0 Å². The molecule has 0 unspecified atom stereocenters. The number of carbonyl (C=O) groups is 1. The number of hydrogen-bond donors (Lipinski definition) is 1. The molecule has 0 radical (unpaired) electrons. The van der Waals surface area contributed by atoms with Gasteiger partial charge in [-0.3, -0.25) is 4.79 Å². The van der Waals surface area contributed by atoms with Gasteiger partial charge in [0.15, 0.2) is 5.58 Å². The Balaban J connectivity index is 1.74. The van der Waals surface area contributed by atoms with Crippen LogP contribution in [0.3, 0.4) is 0 Å². The number of aromatic nitrogens is 1. The summed E-state index contributed by atoms with van der Waals surface area (Å²) >= 11 is 0. The van der Waals surface area contributed by atoms with Crippen molar-refractivity contribution in [2.45, 2.75) is 6.42 Å². The predicted octanol–water partition coefficient (Wildman–Crippen LogP) is 3.02. The molecule has 0 aliphatic carbocycles. The molecule has 5 nitrogen and oxygen atoms in total. The first-order chi connectivity index (χ1) is 10.3. The van der Waals surface area contributed by atoms with Gasteiger partial charge in [-0.25, -0.2) is 0 Å². The normalized spacial score (nSPS) is 10.5. The standard InChI is InChI=1S/C16H14N2O3/c1-20-12-6-4-5-11(9-12)17-16(19)10-14-13-7-2-3-8-15(13)21-18-14/h2-9H,10H2,1H3,(H,17,19). The lowest BCUT2D eigenvalue weighted by molar-refractivity contribution is -0.115. The number of rotatable bonds is 4. The highest BCUT2D eigenvalue weighted by Gasteiger charge is 2.12. The maximum absolute atomic E-state index is 12.1. The molecular formula is C16H14N2O3. The minimum Gasteiger partial charge on any atom is -0.497 e. The third-order valence-electron chi connectivity index (χ3n) is 3.13. The lowest BCUT2D eigenvalue weighted by atomic mass is 10.1. The van der Waals surface area contributed by atoms with Crippen molar-refractivity contribution >= 4 is 22.6 Å². The average molecular weight is 282 g/mol. The van der Waals surface area contributed by atoms with E-state index in [1.807, 2.05) is 36.4 Å². The second-order valence-electron chi connectivity index (χ2n) is 4.58. The Labute approximate surface area is 121 Å². The van der Waals surface area contributed by atoms with Crippen molar-refractivity contribution in [1.82, 2.24) is 5.16 Å². The predicted molar refractivity (Wildman–Crippen MR) is 79.3 cm³/mol. The molecule has 0 fully saturated rings. The van der Waals surface area contributed by atoms with Crippen molar-refractivity contribution in [2.75, 3.05) is 12.4 Å². The average Bonchev–Trinajstić information content (AvgIpc) is 2.91. The SMILES string of the molecule is COc1cccc(NC(=O)Cc2noc3ccccc23)c1. The molecule has 1 N–H and O–H groups in total. The Bertz CT molecular complexity index is 780. The Morgan fingerprint density at radius 1 is 1.24 bits per heavy atom. The Kier molecular flexibility index (Phi) is 3.55. The highest BCUT2D eigenvalue weighted by molar-refractivity contribution is 5.94. The van der Waals surface area contributed by atoms with E-state index in [0.29, 0.717) is 22.7 Å². The highest BCUT2D eigenvalue weighted by atomic mass is 16.5. The molecule has 1 amide bonds. The number of hydrogen-bond acceptors (Lipinski definition) is 4. The lowest BCUT2D eigenvalue weighted by Crippen LogP contribution is -2.14. The number of para-hydroxylation sites is 1. The first-order valence-electron chi connectivity index (χ1n) is 6.53. The third-order valence-corrected chi connectivity index (χ3v) is 3.13. The van der Waals surface area contributed by atoms with E-state index in [1.165, 1.54) is 0 Å². The fraction of sp³-hybridized carbons (Fsp3) is 0.125. The van der Waals surface area contributed by atoms with E-state index in [-0.39, 0.29) is 12.3 Å². The minimum absolute atomic E-state index is 0.151. The largest absolute Gasteiger partial charge is 0.497 e. The van der Waals surface area contributed by atoms with Gasteiger partial charge in [0.25, 0.3) is 0 Å². The fourth-order valence-corrected chi connectivity index (χ4v) is 2.12. The molecule has 0 atom stereocenters. The summed E-state index contributed by atoms with van der Waals surface area (Å²) in [7, 11) is 1.59. The Hall–Kier alpha value is -2.82. The number of nitrogens with zero attached hydrogens (tertiary/aromatic N) is 1. The second-order valence-corrected chi connectivity index (χ2v) is 4.58. The van der Waals surface area contributed by atoms with Gasteiger partial charge < -0.3 is 14.6 Å². The van der Waals surface area contributed by atoms with Crippen molar-refractivity contribution in [3.63, 3.8) is 0 Å². The molecule has 3 aromatic rings. The number of amides is 1. The monoisotopic (exact) mass is 282 g/mol. The van der Waals surface area contributed by atoms with Crippen LogP contribution in [0.25, 0.3) is 11.0 Å². The van der Waals surface area contributed by atoms with E-state index in [4.69, 9.17) is 9.26 Å². The number of methoxy groups -OCH3 is 1. The van der Waals surface area contributed by atoms with Crippen molar-refractivity contribution in [3.8, 4) is 5.75 Å². The highest BCUT2D eigenvalue weighted by Crippen LogP contribution is 2.20. The maximum Gasteiger partial charge on any atom is 0.230 e. The summed E-state index contributed by atoms with van der Waals surface area (Å²) in [6, 6.07) is 14.7. The number of carbonyl (C=O) groups excluding carboxylic acids is 1. The van der Waals surface area contributed by atoms with E-state index in [1.54, 1.807) is 19.2 Å². The molecule has 0 bridgehead atoms. The number of benzene rings is 2. The molecule has 1 heterocycles. The molecule has 106 valence electrons. The topological polar surface area (TPSA) is 64.4 Å². The van der Waals surface area contributed by atoms with Crippen LogP contribution in [0.15, 0.2) is 53.1 Å². The first-order valence-corrected chi connectivity index (χ1v) is 6.53. The van der Waals surface area contributed by atoms with Gasteiger partial charge in [-0.15, -0.1) is 0 Å². The summed E-state index contributed by atoms with van der Waals surface area (Å²) in [5.41, 5.74) is 2.00. The van der Waals surface area contributed by atoms with Gasteiger partial charge in [0, 0.05) is 17.1 Å². The molecule has 5 heteroatoms. The number of nitrogens with one attached hydrogen (secondary N) is 1. The summed E-state index contributed by atoms with van der Waals surface area (Å²) in [6.07, 6.45) is 0.161. The molecular weight excluding hydrogens is 268 g/mol. The van der Waals surface area contributed by atoms with Gasteiger partial charge in [-0.1, -0.05) is 23.4 Å². The smallest absolute Gasteiger partial charge is 0.230 e. The number of fused-ring (bicyclic) bond motifs is 1. The zero-order valence-corrected chi connectivity index (χ0v) is 11.5. The van der Waals surface area contributed by atoms with Gasteiger partial charge in [-0.05, 0) is 24.3 Å². The molecule has 1 aromatic heterocycles.